The van der Waals surface area contributed by atoms with Gasteiger partial charge in [-0.05, 0) is 31.2 Å². The Morgan fingerprint density at radius 2 is 2.21 bits per heavy atom. The van der Waals surface area contributed by atoms with Gasteiger partial charge in [0, 0.05) is 10.6 Å². The van der Waals surface area contributed by atoms with Crippen LogP contribution in [0.15, 0.2) is 24.3 Å². The number of carbonyl (C=O) groups excluding carboxylic acids is 1. The molecule has 0 unspecified atom stereocenters. The van der Waals surface area contributed by atoms with Gasteiger partial charge in [0.2, 0.25) is 0 Å². The largest absolute Gasteiger partial charge is 0.398 e. The van der Waals surface area contributed by atoms with E-state index in [1.807, 2.05) is 13.0 Å². The van der Waals surface area contributed by atoms with Crippen LogP contribution >= 0.6 is 22.9 Å². The number of hydrogen-bond acceptors (Lipinski definition) is 4. The molecule has 0 atom stereocenters. The molecule has 2 aromatic rings. The van der Waals surface area contributed by atoms with E-state index < -0.39 is 0 Å². The molecule has 1 heterocycles. The molecule has 0 saturated heterocycles. The van der Waals surface area contributed by atoms with E-state index in [0.29, 0.717) is 26.8 Å². The lowest BCUT2D eigenvalue weighted by Crippen LogP contribution is -2.10. The van der Waals surface area contributed by atoms with Crippen LogP contribution < -0.4 is 11.1 Å². The Balaban J connectivity index is 2.22. The fraction of sp³-hybridized carbons (Fsp3) is 0.0769. The van der Waals surface area contributed by atoms with Crippen LogP contribution in [0.5, 0.6) is 0 Å². The van der Waals surface area contributed by atoms with Crippen LogP contribution in [0.1, 0.15) is 20.1 Å². The van der Waals surface area contributed by atoms with Crippen LogP contribution in [0, 0.1) is 18.3 Å². The van der Waals surface area contributed by atoms with E-state index in [-0.39, 0.29) is 5.91 Å². The first-order valence-electron chi connectivity index (χ1n) is 5.38. The highest BCUT2D eigenvalue weighted by atomic mass is 35.5. The number of benzene rings is 1. The molecule has 3 N–H and O–H groups in total. The molecule has 0 fully saturated rings. The van der Waals surface area contributed by atoms with Crippen molar-refractivity contribution in [2.75, 3.05) is 11.1 Å². The molecule has 0 radical (unpaired) electrons. The number of amides is 1. The summed E-state index contributed by atoms with van der Waals surface area (Å²) in [6.45, 7) is 1.85. The third-order valence-electron chi connectivity index (χ3n) is 2.53. The van der Waals surface area contributed by atoms with Crippen molar-refractivity contribution in [2.45, 2.75) is 6.92 Å². The van der Waals surface area contributed by atoms with Crippen LogP contribution in [0.2, 0.25) is 5.02 Å². The van der Waals surface area contributed by atoms with E-state index in [4.69, 9.17) is 22.6 Å². The molecule has 1 aromatic heterocycles. The predicted molar refractivity (Wildman–Crippen MR) is 77.6 cm³/mol. The summed E-state index contributed by atoms with van der Waals surface area (Å²) in [5, 5.41) is 11.8. The minimum atomic E-state index is -0.267. The van der Waals surface area contributed by atoms with E-state index in [9.17, 15) is 4.79 Å². The topological polar surface area (TPSA) is 78.9 Å². The summed E-state index contributed by atoms with van der Waals surface area (Å²) in [5.74, 6) is -0.267. The Kier molecular flexibility index (Phi) is 3.74. The molecule has 96 valence electrons. The van der Waals surface area contributed by atoms with Crippen LogP contribution in [0.4, 0.5) is 11.4 Å². The highest BCUT2D eigenvalue weighted by Crippen LogP contribution is 2.27. The number of nitrogens with two attached hydrogens (primary N) is 1. The summed E-state index contributed by atoms with van der Waals surface area (Å²) in [7, 11) is 0. The first-order chi connectivity index (χ1) is 9.01. The van der Waals surface area contributed by atoms with Crippen molar-refractivity contribution in [2.24, 2.45) is 0 Å². The lowest BCUT2D eigenvalue weighted by molar-refractivity contribution is 0.103. The molecule has 0 spiro atoms. The minimum absolute atomic E-state index is 0.267. The standard InChI is InChI=1S/C13H10ClN3OS/c1-7-10(16)5-12(19-7)13(18)17-11-3-2-8(6-15)4-9(11)14/h2-5H,16H2,1H3,(H,17,18). The Bertz CT molecular complexity index is 668. The van der Waals surface area contributed by atoms with E-state index in [1.54, 1.807) is 18.2 Å². The number of aryl methyl sites for hydroxylation is 1. The van der Waals surface area contributed by atoms with Crippen LogP contribution in [0.3, 0.4) is 0 Å². The number of carbonyl (C=O) groups is 1. The summed E-state index contributed by atoms with van der Waals surface area (Å²) < 4.78 is 0. The molecule has 1 aromatic carbocycles. The summed E-state index contributed by atoms with van der Waals surface area (Å²) in [5.41, 5.74) is 7.22. The van der Waals surface area contributed by atoms with E-state index in [2.05, 4.69) is 5.32 Å². The zero-order chi connectivity index (χ0) is 14.0. The lowest BCUT2D eigenvalue weighted by atomic mass is 10.2. The van der Waals surface area contributed by atoms with Gasteiger partial charge in [0.25, 0.3) is 5.91 Å². The number of nitrogen functional groups attached to an aromatic ring is 1. The van der Waals surface area contributed by atoms with Gasteiger partial charge >= 0.3 is 0 Å². The van der Waals surface area contributed by atoms with Crippen molar-refractivity contribution in [3.8, 4) is 6.07 Å². The van der Waals surface area contributed by atoms with E-state index in [1.165, 1.54) is 17.4 Å². The second-order valence-corrected chi connectivity index (χ2v) is 5.55. The molecule has 1 amide bonds. The molecule has 0 saturated carbocycles. The monoisotopic (exact) mass is 291 g/mol. The van der Waals surface area contributed by atoms with Crippen molar-refractivity contribution in [1.82, 2.24) is 0 Å². The van der Waals surface area contributed by atoms with Gasteiger partial charge in [-0.2, -0.15) is 5.26 Å². The number of nitrogens with zero attached hydrogens (tertiary/aromatic N) is 1. The minimum Gasteiger partial charge on any atom is -0.398 e. The van der Waals surface area contributed by atoms with Gasteiger partial charge in [0.15, 0.2) is 0 Å². The highest BCUT2D eigenvalue weighted by Gasteiger charge is 2.12. The summed E-state index contributed by atoms with van der Waals surface area (Å²) in [4.78, 5) is 13.4. The van der Waals surface area contributed by atoms with Crippen molar-refractivity contribution >= 4 is 40.2 Å². The summed E-state index contributed by atoms with van der Waals surface area (Å²) >= 11 is 7.31. The predicted octanol–water partition coefficient (Wildman–Crippen LogP) is 3.42. The maximum Gasteiger partial charge on any atom is 0.265 e. The lowest BCUT2D eigenvalue weighted by Gasteiger charge is -2.05. The third kappa shape index (κ3) is 2.87. The molecule has 0 bridgehead atoms. The highest BCUT2D eigenvalue weighted by molar-refractivity contribution is 7.14. The number of hydrogen-bond donors (Lipinski definition) is 2. The molecular formula is C13H10ClN3OS. The smallest absolute Gasteiger partial charge is 0.265 e. The second-order valence-electron chi connectivity index (χ2n) is 3.88. The quantitative estimate of drug-likeness (QED) is 0.890. The molecule has 2 rings (SSSR count). The van der Waals surface area contributed by atoms with Crippen molar-refractivity contribution in [3.63, 3.8) is 0 Å². The molecular weight excluding hydrogens is 282 g/mol. The van der Waals surface area contributed by atoms with E-state index in [0.717, 1.165) is 4.88 Å². The molecule has 4 nitrogen and oxygen atoms in total. The van der Waals surface area contributed by atoms with Crippen molar-refractivity contribution < 1.29 is 4.79 Å². The molecule has 0 aliphatic carbocycles. The van der Waals surface area contributed by atoms with Gasteiger partial charge < -0.3 is 11.1 Å². The molecule has 0 aliphatic rings. The molecule has 6 heteroatoms. The van der Waals surface area contributed by atoms with Crippen molar-refractivity contribution in [1.29, 1.82) is 5.26 Å². The second kappa shape index (κ2) is 5.31. The molecule has 0 aliphatic heterocycles. The Morgan fingerprint density at radius 1 is 1.47 bits per heavy atom. The first kappa shape index (κ1) is 13.4. The number of thiophene rings is 1. The van der Waals surface area contributed by atoms with Gasteiger partial charge in [0.1, 0.15) is 0 Å². The van der Waals surface area contributed by atoms with Gasteiger partial charge in [-0.15, -0.1) is 11.3 Å². The number of nitriles is 1. The summed E-state index contributed by atoms with van der Waals surface area (Å²) in [6.07, 6.45) is 0. The third-order valence-corrected chi connectivity index (χ3v) is 3.90. The fourth-order valence-corrected chi connectivity index (χ4v) is 2.54. The Morgan fingerprint density at radius 3 is 2.74 bits per heavy atom. The number of rotatable bonds is 2. The summed E-state index contributed by atoms with van der Waals surface area (Å²) in [6, 6.07) is 8.31. The maximum atomic E-state index is 12.0. The zero-order valence-electron chi connectivity index (χ0n) is 10.0. The number of nitrogens with one attached hydrogen (secondary N) is 1. The Labute approximate surface area is 119 Å². The van der Waals surface area contributed by atoms with Gasteiger partial charge in [-0.25, -0.2) is 0 Å². The number of anilines is 2. The average molecular weight is 292 g/mol. The van der Waals surface area contributed by atoms with Gasteiger partial charge in [0.05, 0.1) is 27.2 Å². The van der Waals surface area contributed by atoms with Gasteiger partial charge in [-0.1, -0.05) is 11.6 Å². The zero-order valence-corrected chi connectivity index (χ0v) is 11.6. The molecule has 19 heavy (non-hydrogen) atoms. The normalized spacial score (nSPS) is 9.95. The SMILES string of the molecule is Cc1sc(C(=O)Nc2ccc(C#N)cc2Cl)cc1N. The average Bonchev–Trinajstić information content (AvgIpc) is 2.72. The van der Waals surface area contributed by atoms with Gasteiger partial charge in [-0.3, -0.25) is 4.79 Å². The fourth-order valence-electron chi connectivity index (χ4n) is 1.48. The first-order valence-corrected chi connectivity index (χ1v) is 6.57. The van der Waals surface area contributed by atoms with Crippen molar-refractivity contribution in [3.05, 3.63) is 44.6 Å². The van der Waals surface area contributed by atoms with E-state index >= 15 is 0 Å². The van der Waals surface area contributed by atoms with Crippen LogP contribution in [0.25, 0.3) is 0 Å². The maximum absolute atomic E-state index is 12.0. The Hall–Kier alpha value is -2.03. The van der Waals surface area contributed by atoms with Crippen LogP contribution in [-0.4, -0.2) is 5.91 Å². The number of halogens is 1. The van der Waals surface area contributed by atoms with Crippen LogP contribution in [-0.2, 0) is 0 Å².